The van der Waals surface area contributed by atoms with Crippen molar-refractivity contribution in [2.75, 3.05) is 13.1 Å². The highest BCUT2D eigenvalue weighted by atomic mass is 19.1. The van der Waals surface area contributed by atoms with E-state index in [1.165, 1.54) is 17.0 Å². The molecule has 1 saturated heterocycles. The molecular weight excluding hydrogens is 249 g/mol. The van der Waals surface area contributed by atoms with Gasteiger partial charge in [0.15, 0.2) is 0 Å². The van der Waals surface area contributed by atoms with E-state index < -0.39 is 17.7 Å². The lowest BCUT2D eigenvalue weighted by Gasteiger charge is -2.31. The molecule has 0 radical (unpaired) electrons. The van der Waals surface area contributed by atoms with Crippen molar-refractivity contribution in [2.45, 2.75) is 19.8 Å². The second-order valence-corrected chi connectivity index (χ2v) is 4.89. The molecule has 102 valence electrons. The van der Waals surface area contributed by atoms with Gasteiger partial charge < -0.3 is 10.0 Å². The SMILES string of the molecule is Cc1ccc(F)cc1C(=O)N1CCC[C@@H](C(=O)O)C1. The molecule has 0 bridgehead atoms. The Morgan fingerprint density at radius 2 is 2.16 bits per heavy atom. The first-order valence-electron chi connectivity index (χ1n) is 6.27. The van der Waals surface area contributed by atoms with Gasteiger partial charge in [-0.1, -0.05) is 6.07 Å². The smallest absolute Gasteiger partial charge is 0.308 e. The molecule has 1 aromatic carbocycles. The van der Waals surface area contributed by atoms with Crippen LogP contribution in [0.4, 0.5) is 4.39 Å². The molecule has 1 N–H and O–H groups in total. The minimum atomic E-state index is -0.881. The molecule has 1 aliphatic rings. The summed E-state index contributed by atoms with van der Waals surface area (Å²) in [6.45, 7) is 2.47. The molecule has 1 heterocycles. The summed E-state index contributed by atoms with van der Waals surface area (Å²) in [5, 5.41) is 9.01. The predicted octanol–water partition coefficient (Wildman–Crippen LogP) is 2.07. The number of carboxylic acids is 1. The highest BCUT2D eigenvalue weighted by Crippen LogP contribution is 2.20. The summed E-state index contributed by atoms with van der Waals surface area (Å²) >= 11 is 0. The van der Waals surface area contributed by atoms with Crippen molar-refractivity contribution in [1.29, 1.82) is 0 Å². The second-order valence-electron chi connectivity index (χ2n) is 4.89. The summed E-state index contributed by atoms with van der Waals surface area (Å²) in [6, 6.07) is 4.08. The van der Waals surface area contributed by atoms with E-state index in [2.05, 4.69) is 0 Å². The van der Waals surface area contributed by atoms with Gasteiger partial charge in [-0.25, -0.2) is 4.39 Å². The van der Waals surface area contributed by atoms with Gasteiger partial charge in [0.2, 0.25) is 0 Å². The fourth-order valence-corrected chi connectivity index (χ4v) is 2.36. The van der Waals surface area contributed by atoms with Crippen LogP contribution in [-0.2, 0) is 4.79 Å². The Kier molecular flexibility index (Phi) is 3.83. The molecule has 0 aliphatic carbocycles. The number of carbonyl (C=O) groups excluding carboxylic acids is 1. The van der Waals surface area contributed by atoms with Gasteiger partial charge in [-0.05, 0) is 37.5 Å². The second kappa shape index (κ2) is 5.38. The van der Waals surface area contributed by atoms with Gasteiger partial charge in [-0.2, -0.15) is 0 Å². The van der Waals surface area contributed by atoms with Crippen molar-refractivity contribution in [1.82, 2.24) is 4.90 Å². The summed E-state index contributed by atoms with van der Waals surface area (Å²) in [6.07, 6.45) is 1.25. The van der Waals surface area contributed by atoms with Crippen LogP contribution in [0.25, 0.3) is 0 Å². The van der Waals surface area contributed by atoms with Gasteiger partial charge in [0, 0.05) is 18.7 Å². The Morgan fingerprint density at radius 1 is 1.42 bits per heavy atom. The van der Waals surface area contributed by atoms with E-state index in [4.69, 9.17) is 5.11 Å². The number of likely N-dealkylation sites (tertiary alicyclic amines) is 1. The van der Waals surface area contributed by atoms with Crippen LogP contribution in [0.5, 0.6) is 0 Å². The third kappa shape index (κ3) is 2.92. The highest BCUT2D eigenvalue weighted by Gasteiger charge is 2.29. The molecule has 1 atom stereocenters. The van der Waals surface area contributed by atoms with E-state index in [9.17, 15) is 14.0 Å². The van der Waals surface area contributed by atoms with Crippen LogP contribution in [-0.4, -0.2) is 35.0 Å². The zero-order chi connectivity index (χ0) is 14.0. The number of piperidine rings is 1. The van der Waals surface area contributed by atoms with E-state index in [-0.39, 0.29) is 12.5 Å². The fourth-order valence-electron chi connectivity index (χ4n) is 2.36. The average molecular weight is 265 g/mol. The molecule has 0 saturated carbocycles. The summed E-state index contributed by atoms with van der Waals surface area (Å²) < 4.78 is 13.2. The van der Waals surface area contributed by atoms with E-state index in [1.54, 1.807) is 13.0 Å². The molecule has 0 aromatic heterocycles. The molecule has 4 nitrogen and oxygen atoms in total. The maximum absolute atomic E-state index is 13.2. The van der Waals surface area contributed by atoms with Crippen molar-refractivity contribution in [3.05, 3.63) is 35.1 Å². The standard InChI is InChI=1S/C14H16FNO3/c1-9-4-5-11(15)7-12(9)13(17)16-6-2-3-10(8-16)14(18)19/h4-5,7,10H,2-3,6,8H2,1H3,(H,18,19)/t10-/m1/s1. The molecule has 1 aromatic rings. The molecule has 1 fully saturated rings. The predicted molar refractivity (Wildman–Crippen MR) is 67.4 cm³/mol. The number of nitrogens with zero attached hydrogens (tertiary/aromatic N) is 1. The largest absolute Gasteiger partial charge is 0.481 e. The summed E-state index contributed by atoms with van der Waals surface area (Å²) in [7, 11) is 0. The van der Waals surface area contributed by atoms with Crippen LogP contribution < -0.4 is 0 Å². The number of rotatable bonds is 2. The highest BCUT2D eigenvalue weighted by molar-refractivity contribution is 5.96. The lowest BCUT2D eigenvalue weighted by atomic mass is 9.97. The van der Waals surface area contributed by atoms with E-state index in [1.807, 2.05) is 0 Å². The van der Waals surface area contributed by atoms with Crippen molar-refractivity contribution >= 4 is 11.9 Å². The number of hydrogen-bond acceptors (Lipinski definition) is 2. The Labute approximate surface area is 110 Å². The summed E-state index contributed by atoms with van der Waals surface area (Å²) in [5.41, 5.74) is 1.01. The summed E-state index contributed by atoms with van der Waals surface area (Å²) in [5.74, 6) is -2.15. The lowest BCUT2D eigenvalue weighted by Crippen LogP contribution is -2.42. The van der Waals surface area contributed by atoms with Crippen LogP contribution >= 0.6 is 0 Å². The molecule has 0 spiro atoms. The number of carbonyl (C=O) groups is 2. The van der Waals surface area contributed by atoms with Crippen molar-refractivity contribution in [2.24, 2.45) is 5.92 Å². The zero-order valence-electron chi connectivity index (χ0n) is 10.7. The van der Waals surface area contributed by atoms with Crippen molar-refractivity contribution in [3.63, 3.8) is 0 Å². The van der Waals surface area contributed by atoms with Gasteiger partial charge in [0.1, 0.15) is 5.82 Å². The maximum atomic E-state index is 13.2. The van der Waals surface area contributed by atoms with Gasteiger partial charge >= 0.3 is 5.97 Å². The number of carboxylic acid groups (broad SMARTS) is 1. The Bertz CT molecular complexity index is 515. The van der Waals surface area contributed by atoms with Crippen molar-refractivity contribution in [3.8, 4) is 0 Å². The minimum Gasteiger partial charge on any atom is -0.481 e. The minimum absolute atomic E-state index is 0.199. The number of hydrogen-bond donors (Lipinski definition) is 1. The summed E-state index contributed by atoms with van der Waals surface area (Å²) in [4.78, 5) is 24.8. The monoisotopic (exact) mass is 265 g/mol. The first-order chi connectivity index (χ1) is 8.99. The van der Waals surface area contributed by atoms with Gasteiger partial charge in [0.25, 0.3) is 5.91 Å². The van der Waals surface area contributed by atoms with Crippen molar-refractivity contribution < 1.29 is 19.1 Å². The first-order valence-corrected chi connectivity index (χ1v) is 6.27. The normalized spacial score (nSPS) is 19.3. The van der Waals surface area contributed by atoms with Gasteiger partial charge in [-0.15, -0.1) is 0 Å². The van der Waals surface area contributed by atoms with Crippen LogP contribution in [0.2, 0.25) is 0 Å². The number of halogens is 1. The average Bonchev–Trinajstić information content (AvgIpc) is 2.41. The zero-order valence-corrected chi connectivity index (χ0v) is 10.7. The van der Waals surface area contributed by atoms with Crippen LogP contribution in [0.3, 0.4) is 0 Å². The molecule has 1 aliphatic heterocycles. The molecular formula is C14H16FNO3. The van der Waals surface area contributed by atoms with Gasteiger partial charge in [0.05, 0.1) is 5.92 Å². The number of aliphatic carboxylic acids is 1. The lowest BCUT2D eigenvalue weighted by molar-refractivity contribution is -0.143. The number of benzene rings is 1. The molecule has 2 rings (SSSR count). The molecule has 5 heteroatoms. The third-order valence-corrected chi connectivity index (χ3v) is 3.49. The molecule has 0 unspecified atom stereocenters. The topological polar surface area (TPSA) is 57.6 Å². The number of aryl methyl sites for hydroxylation is 1. The quantitative estimate of drug-likeness (QED) is 0.890. The van der Waals surface area contributed by atoms with Crippen LogP contribution in [0, 0.1) is 18.7 Å². The number of amides is 1. The first kappa shape index (κ1) is 13.5. The Morgan fingerprint density at radius 3 is 2.84 bits per heavy atom. The fraction of sp³-hybridized carbons (Fsp3) is 0.429. The van der Waals surface area contributed by atoms with E-state index in [0.717, 1.165) is 0 Å². The van der Waals surface area contributed by atoms with Crippen LogP contribution in [0.1, 0.15) is 28.8 Å². The third-order valence-electron chi connectivity index (χ3n) is 3.49. The maximum Gasteiger partial charge on any atom is 0.308 e. The van der Waals surface area contributed by atoms with E-state index in [0.29, 0.717) is 30.5 Å². The Balaban J connectivity index is 2.19. The van der Waals surface area contributed by atoms with Crippen LogP contribution in [0.15, 0.2) is 18.2 Å². The molecule has 19 heavy (non-hydrogen) atoms. The Hall–Kier alpha value is -1.91. The molecule has 1 amide bonds. The van der Waals surface area contributed by atoms with E-state index >= 15 is 0 Å². The van der Waals surface area contributed by atoms with Gasteiger partial charge in [-0.3, -0.25) is 9.59 Å².